The van der Waals surface area contributed by atoms with Crippen molar-refractivity contribution in [2.45, 2.75) is 19.9 Å². The molecule has 1 aliphatic rings. The van der Waals surface area contributed by atoms with Crippen LogP contribution in [0.3, 0.4) is 0 Å². The Balaban J connectivity index is 1.61. The van der Waals surface area contributed by atoms with Gasteiger partial charge >= 0.3 is 0 Å². The van der Waals surface area contributed by atoms with E-state index < -0.39 is 17.5 Å². The Morgan fingerprint density at radius 1 is 1.11 bits per heavy atom. The molecule has 0 atom stereocenters. The van der Waals surface area contributed by atoms with Crippen LogP contribution in [-0.2, 0) is 13.0 Å². The van der Waals surface area contributed by atoms with Crippen LogP contribution in [0, 0.1) is 24.4 Å². The first kappa shape index (κ1) is 17.3. The third-order valence-electron chi connectivity index (χ3n) is 4.59. The van der Waals surface area contributed by atoms with Gasteiger partial charge < -0.3 is 10.2 Å². The van der Waals surface area contributed by atoms with Gasteiger partial charge in [-0.1, -0.05) is 6.07 Å². The first-order chi connectivity index (χ1) is 13.0. The van der Waals surface area contributed by atoms with Gasteiger partial charge in [0.05, 0.1) is 17.6 Å². The standard InChI is InChI=1S/C20H17F3N4/c1-12-3-2-5-24-20(12)27-6-4-17-13(11-27)7-15(10-25-17)26-18-9-14(21)8-16(22)19(18)23/h2-3,5,7-10,26H,4,6,11H2,1H3. The van der Waals surface area contributed by atoms with Gasteiger partial charge in [-0.2, -0.15) is 0 Å². The van der Waals surface area contributed by atoms with Crippen molar-refractivity contribution in [1.29, 1.82) is 0 Å². The Hall–Kier alpha value is -3.09. The Bertz CT molecular complexity index is 1010. The summed E-state index contributed by atoms with van der Waals surface area (Å²) >= 11 is 0. The molecule has 0 fully saturated rings. The van der Waals surface area contributed by atoms with Gasteiger partial charge in [-0.05, 0) is 30.2 Å². The number of fused-ring (bicyclic) bond motifs is 1. The molecule has 0 saturated heterocycles. The largest absolute Gasteiger partial charge is 0.352 e. The Morgan fingerprint density at radius 2 is 1.96 bits per heavy atom. The van der Waals surface area contributed by atoms with Crippen LogP contribution in [-0.4, -0.2) is 16.5 Å². The molecule has 2 aromatic heterocycles. The summed E-state index contributed by atoms with van der Waals surface area (Å²) < 4.78 is 40.7. The number of aromatic nitrogens is 2. The van der Waals surface area contributed by atoms with E-state index in [0.717, 1.165) is 41.7 Å². The number of nitrogens with one attached hydrogen (secondary N) is 1. The van der Waals surface area contributed by atoms with Gasteiger partial charge in [0, 0.05) is 43.5 Å². The molecule has 0 spiro atoms. The second kappa shape index (κ2) is 6.90. The summed E-state index contributed by atoms with van der Waals surface area (Å²) in [6.07, 6.45) is 4.06. The van der Waals surface area contributed by atoms with Crippen LogP contribution in [0.4, 0.5) is 30.4 Å². The average molecular weight is 370 g/mol. The van der Waals surface area contributed by atoms with Crippen LogP contribution >= 0.6 is 0 Å². The molecule has 0 bridgehead atoms. The SMILES string of the molecule is Cc1cccnc1N1CCc2ncc(Nc3cc(F)cc(F)c3F)cc2C1. The summed E-state index contributed by atoms with van der Waals surface area (Å²) in [5, 5.41) is 2.72. The second-order valence-corrected chi connectivity index (χ2v) is 6.52. The summed E-state index contributed by atoms with van der Waals surface area (Å²) in [6, 6.07) is 7.16. The monoisotopic (exact) mass is 370 g/mol. The van der Waals surface area contributed by atoms with E-state index >= 15 is 0 Å². The second-order valence-electron chi connectivity index (χ2n) is 6.52. The van der Waals surface area contributed by atoms with Crippen molar-refractivity contribution >= 4 is 17.2 Å². The van der Waals surface area contributed by atoms with E-state index in [4.69, 9.17) is 0 Å². The number of pyridine rings is 2. The van der Waals surface area contributed by atoms with E-state index in [1.807, 2.05) is 25.1 Å². The third kappa shape index (κ3) is 3.45. The first-order valence-electron chi connectivity index (χ1n) is 8.57. The molecular weight excluding hydrogens is 353 g/mol. The molecule has 3 heterocycles. The van der Waals surface area contributed by atoms with Crippen molar-refractivity contribution in [2.75, 3.05) is 16.8 Å². The molecule has 0 radical (unpaired) electrons. The average Bonchev–Trinajstić information content (AvgIpc) is 2.65. The summed E-state index contributed by atoms with van der Waals surface area (Å²) in [5.41, 5.74) is 3.21. The summed E-state index contributed by atoms with van der Waals surface area (Å²) in [6.45, 7) is 3.42. The molecule has 1 aromatic carbocycles. The Kier molecular flexibility index (Phi) is 4.43. The van der Waals surface area contributed by atoms with E-state index in [-0.39, 0.29) is 5.69 Å². The molecule has 27 heavy (non-hydrogen) atoms. The zero-order chi connectivity index (χ0) is 19.0. The van der Waals surface area contributed by atoms with Gasteiger partial charge in [-0.25, -0.2) is 18.2 Å². The normalized spacial score (nSPS) is 13.4. The van der Waals surface area contributed by atoms with Crippen molar-refractivity contribution in [3.05, 3.63) is 77.0 Å². The summed E-state index contributed by atoms with van der Waals surface area (Å²) in [5.74, 6) is -2.29. The lowest BCUT2D eigenvalue weighted by atomic mass is 10.0. The number of hydrogen-bond donors (Lipinski definition) is 1. The molecule has 138 valence electrons. The van der Waals surface area contributed by atoms with Gasteiger partial charge in [-0.3, -0.25) is 4.98 Å². The maximum absolute atomic E-state index is 13.9. The van der Waals surface area contributed by atoms with Crippen LogP contribution in [0.25, 0.3) is 0 Å². The Morgan fingerprint density at radius 3 is 2.78 bits per heavy atom. The number of benzene rings is 1. The minimum Gasteiger partial charge on any atom is -0.352 e. The molecule has 7 heteroatoms. The Labute approximate surface area is 154 Å². The van der Waals surface area contributed by atoms with Gasteiger partial charge in [0.1, 0.15) is 11.6 Å². The molecule has 0 amide bonds. The minimum atomic E-state index is -1.24. The first-order valence-corrected chi connectivity index (χ1v) is 8.57. The molecule has 1 N–H and O–H groups in total. The fourth-order valence-electron chi connectivity index (χ4n) is 3.29. The van der Waals surface area contributed by atoms with Crippen molar-refractivity contribution in [1.82, 2.24) is 9.97 Å². The van der Waals surface area contributed by atoms with Crippen LogP contribution in [0.1, 0.15) is 16.8 Å². The number of hydrogen-bond acceptors (Lipinski definition) is 4. The highest BCUT2D eigenvalue weighted by Gasteiger charge is 2.20. The smallest absolute Gasteiger partial charge is 0.182 e. The van der Waals surface area contributed by atoms with E-state index in [1.54, 1.807) is 12.4 Å². The molecule has 0 unspecified atom stereocenters. The predicted molar refractivity (Wildman–Crippen MR) is 97.6 cm³/mol. The highest BCUT2D eigenvalue weighted by molar-refractivity contribution is 5.61. The van der Waals surface area contributed by atoms with E-state index in [0.29, 0.717) is 18.3 Å². The fraction of sp³-hybridized carbons (Fsp3) is 0.200. The van der Waals surface area contributed by atoms with Crippen molar-refractivity contribution in [3.63, 3.8) is 0 Å². The fourth-order valence-corrected chi connectivity index (χ4v) is 3.29. The zero-order valence-corrected chi connectivity index (χ0v) is 14.6. The predicted octanol–water partition coefficient (Wildman–Crippen LogP) is 4.51. The van der Waals surface area contributed by atoms with Gasteiger partial charge in [-0.15, -0.1) is 0 Å². The molecule has 0 saturated carbocycles. The summed E-state index contributed by atoms with van der Waals surface area (Å²) in [7, 11) is 0. The molecule has 3 aromatic rings. The number of halogens is 3. The lowest BCUT2D eigenvalue weighted by Crippen LogP contribution is -2.32. The topological polar surface area (TPSA) is 41.1 Å². The van der Waals surface area contributed by atoms with Crippen molar-refractivity contribution < 1.29 is 13.2 Å². The van der Waals surface area contributed by atoms with Gasteiger partial charge in [0.25, 0.3) is 0 Å². The highest BCUT2D eigenvalue weighted by Crippen LogP contribution is 2.28. The minimum absolute atomic E-state index is 0.262. The number of anilines is 3. The lowest BCUT2D eigenvalue weighted by Gasteiger charge is -2.30. The maximum atomic E-state index is 13.9. The number of rotatable bonds is 3. The van der Waals surface area contributed by atoms with Gasteiger partial charge in [0.2, 0.25) is 0 Å². The molecule has 0 aliphatic carbocycles. The highest BCUT2D eigenvalue weighted by atomic mass is 19.2. The van der Waals surface area contributed by atoms with Gasteiger partial charge in [0.15, 0.2) is 11.6 Å². The van der Waals surface area contributed by atoms with Crippen LogP contribution in [0.15, 0.2) is 42.7 Å². The number of nitrogens with zero attached hydrogens (tertiary/aromatic N) is 3. The molecular formula is C20H17F3N4. The van der Waals surface area contributed by atoms with Crippen molar-refractivity contribution in [3.8, 4) is 0 Å². The van der Waals surface area contributed by atoms with E-state index in [2.05, 4.69) is 20.2 Å². The number of aryl methyl sites for hydroxylation is 1. The quantitative estimate of drug-likeness (QED) is 0.689. The van der Waals surface area contributed by atoms with Crippen molar-refractivity contribution in [2.24, 2.45) is 0 Å². The summed E-state index contributed by atoms with van der Waals surface area (Å²) in [4.78, 5) is 11.0. The molecule has 4 nitrogen and oxygen atoms in total. The molecule has 4 rings (SSSR count). The van der Waals surface area contributed by atoms with E-state index in [9.17, 15) is 13.2 Å². The lowest BCUT2D eigenvalue weighted by molar-refractivity contribution is 0.498. The van der Waals surface area contributed by atoms with Crippen LogP contribution in [0.5, 0.6) is 0 Å². The van der Waals surface area contributed by atoms with E-state index in [1.165, 1.54) is 0 Å². The third-order valence-corrected chi connectivity index (χ3v) is 4.59. The van der Waals surface area contributed by atoms with Crippen LogP contribution < -0.4 is 10.2 Å². The van der Waals surface area contributed by atoms with Crippen LogP contribution in [0.2, 0.25) is 0 Å². The zero-order valence-electron chi connectivity index (χ0n) is 14.6. The maximum Gasteiger partial charge on any atom is 0.182 e. The molecule has 1 aliphatic heterocycles.